The van der Waals surface area contributed by atoms with Crippen molar-refractivity contribution in [2.75, 3.05) is 27.9 Å². The molecule has 0 N–H and O–H groups in total. The van der Waals surface area contributed by atoms with Crippen LogP contribution in [0.2, 0.25) is 0 Å². The first-order valence-electron chi connectivity index (χ1n) is 5.60. The zero-order chi connectivity index (χ0) is 12.7. The number of aryl methyl sites for hydroxylation is 1. The number of rotatable bonds is 7. The van der Waals surface area contributed by atoms with Crippen LogP contribution < -0.4 is 9.47 Å². The average Bonchev–Trinajstić information content (AvgIpc) is 2.39. The molecule has 4 nitrogen and oxygen atoms in total. The third-order valence-corrected chi connectivity index (χ3v) is 2.54. The number of hydrogen-bond acceptors (Lipinski definition) is 4. The molecule has 0 radical (unpaired) electrons. The maximum absolute atomic E-state index is 5.60. The van der Waals surface area contributed by atoms with Crippen LogP contribution in [0.25, 0.3) is 0 Å². The van der Waals surface area contributed by atoms with Crippen LogP contribution in [0, 0.1) is 0 Å². The van der Waals surface area contributed by atoms with E-state index in [1.807, 2.05) is 18.2 Å². The van der Waals surface area contributed by atoms with Crippen molar-refractivity contribution in [2.45, 2.75) is 19.6 Å². The highest BCUT2D eigenvalue weighted by molar-refractivity contribution is 5.42. The Kier molecular flexibility index (Phi) is 5.80. The molecule has 0 aromatic heterocycles. The SMILES string of the molecule is CCc1ccc(OCC(OC)OC)c(OC)c1. The molecular formula is C13H20O4. The summed E-state index contributed by atoms with van der Waals surface area (Å²) in [7, 11) is 4.79. The summed E-state index contributed by atoms with van der Waals surface area (Å²) < 4.78 is 21.0. The van der Waals surface area contributed by atoms with Crippen molar-refractivity contribution in [2.24, 2.45) is 0 Å². The zero-order valence-electron chi connectivity index (χ0n) is 10.9. The predicted molar refractivity (Wildman–Crippen MR) is 65.7 cm³/mol. The van der Waals surface area contributed by atoms with E-state index in [0.717, 1.165) is 12.2 Å². The van der Waals surface area contributed by atoms with Gasteiger partial charge in [0, 0.05) is 14.2 Å². The average molecular weight is 240 g/mol. The molecule has 0 aliphatic rings. The first kappa shape index (κ1) is 13.8. The maximum Gasteiger partial charge on any atom is 0.191 e. The van der Waals surface area contributed by atoms with E-state index in [1.165, 1.54) is 5.56 Å². The highest BCUT2D eigenvalue weighted by Gasteiger charge is 2.09. The van der Waals surface area contributed by atoms with Crippen molar-refractivity contribution in [3.63, 3.8) is 0 Å². The van der Waals surface area contributed by atoms with E-state index in [9.17, 15) is 0 Å². The number of methoxy groups -OCH3 is 3. The molecule has 1 rings (SSSR count). The van der Waals surface area contributed by atoms with E-state index in [1.54, 1.807) is 21.3 Å². The fourth-order valence-electron chi connectivity index (χ4n) is 1.44. The molecule has 0 heterocycles. The van der Waals surface area contributed by atoms with Gasteiger partial charge in [-0.2, -0.15) is 0 Å². The summed E-state index contributed by atoms with van der Waals surface area (Å²) in [6.45, 7) is 2.43. The van der Waals surface area contributed by atoms with Crippen LogP contribution in [0.5, 0.6) is 11.5 Å². The zero-order valence-corrected chi connectivity index (χ0v) is 10.9. The Morgan fingerprint density at radius 3 is 2.29 bits per heavy atom. The third-order valence-electron chi connectivity index (χ3n) is 2.54. The number of hydrogen-bond donors (Lipinski definition) is 0. The molecule has 0 saturated heterocycles. The van der Waals surface area contributed by atoms with Gasteiger partial charge >= 0.3 is 0 Å². The van der Waals surface area contributed by atoms with Crippen LogP contribution in [0.4, 0.5) is 0 Å². The molecule has 0 atom stereocenters. The third kappa shape index (κ3) is 3.91. The van der Waals surface area contributed by atoms with Gasteiger partial charge in [-0.15, -0.1) is 0 Å². The summed E-state index contributed by atoms with van der Waals surface area (Å²) in [4.78, 5) is 0. The van der Waals surface area contributed by atoms with Gasteiger partial charge in [-0.05, 0) is 24.1 Å². The lowest BCUT2D eigenvalue weighted by atomic mass is 10.1. The number of benzene rings is 1. The van der Waals surface area contributed by atoms with Crippen LogP contribution in [0.1, 0.15) is 12.5 Å². The minimum absolute atomic E-state index is 0.328. The molecule has 96 valence electrons. The van der Waals surface area contributed by atoms with Gasteiger partial charge in [0.25, 0.3) is 0 Å². The summed E-state index contributed by atoms with van der Waals surface area (Å²) in [6.07, 6.45) is 0.598. The van der Waals surface area contributed by atoms with E-state index >= 15 is 0 Å². The lowest BCUT2D eigenvalue weighted by Crippen LogP contribution is -2.22. The molecule has 0 aliphatic carbocycles. The van der Waals surface area contributed by atoms with E-state index in [2.05, 4.69) is 6.92 Å². The Bertz CT molecular complexity index is 334. The van der Waals surface area contributed by atoms with Crippen LogP contribution in [0.3, 0.4) is 0 Å². The van der Waals surface area contributed by atoms with E-state index in [4.69, 9.17) is 18.9 Å². The molecule has 1 aromatic carbocycles. The summed E-state index contributed by atoms with van der Waals surface area (Å²) in [5, 5.41) is 0. The summed E-state index contributed by atoms with van der Waals surface area (Å²) in [6, 6.07) is 5.90. The number of ether oxygens (including phenoxy) is 4. The largest absolute Gasteiger partial charge is 0.493 e. The van der Waals surface area contributed by atoms with Gasteiger partial charge in [0.05, 0.1) is 7.11 Å². The smallest absolute Gasteiger partial charge is 0.191 e. The van der Waals surface area contributed by atoms with Crippen LogP contribution in [-0.2, 0) is 15.9 Å². The molecule has 0 spiro atoms. The quantitative estimate of drug-likeness (QED) is 0.685. The van der Waals surface area contributed by atoms with E-state index in [-0.39, 0.29) is 6.29 Å². The first-order valence-corrected chi connectivity index (χ1v) is 5.60. The van der Waals surface area contributed by atoms with Crippen molar-refractivity contribution < 1.29 is 18.9 Å². The van der Waals surface area contributed by atoms with Gasteiger partial charge in [0.1, 0.15) is 6.61 Å². The minimum atomic E-state index is -0.370. The Hall–Kier alpha value is -1.26. The first-order chi connectivity index (χ1) is 8.24. The predicted octanol–water partition coefficient (Wildman–Crippen LogP) is 2.26. The van der Waals surface area contributed by atoms with Gasteiger partial charge < -0.3 is 18.9 Å². The van der Waals surface area contributed by atoms with Crippen LogP contribution in [-0.4, -0.2) is 34.2 Å². The highest BCUT2D eigenvalue weighted by atomic mass is 16.7. The molecule has 0 aliphatic heterocycles. The fourth-order valence-corrected chi connectivity index (χ4v) is 1.44. The summed E-state index contributed by atoms with van der Waals surface area (Å²) in [5.74, 6) is 1.43. The molecule has 0 saturated carbocycles. The Morgan fingerprint density at radius 1 is 1.06 bits per heavy atom. The van der Waals surface area contributed by atoms with Crippen LogP contribution >= 0.6 is 0 Å². The lowest BCUT2D eigenvalue weighted by Gasteiger charge is -2.16. The Balaban J connectivity index is 2.70. The highest BCUT2D eigenvalue weighted by Crippen LogP contribution is 2.28. The van der Waals surface area contributed by atoms with Crippen LogP contribution in [0.15, 0.2) is 18.2 Å². The maximum atomic E-state index is 5.60. The molecule has 0 amide bonds. The van der Waals surface area contributed by atoms with Gasteiger partial charge in [-0.3, -0.25) is 0 Å². The van der Waals surface area contributed by atoms with Gasteiger partial charge in [-0.1, -0.05) is 13.0 Å². The normalized spacial score (nSPS) is 10.6. The molecule has 17 heavy (non-hydrogen) atoms. The van der Waals surface area contributed by atoms with E-state index in [0.29, 0.717) is 12.4 Å². The molecular weight excluding hydrogens is 220 g/mol. The van der Waals surface area contributed by atoms with Crippen molar-refractivity contribution in [3.8, 4) is 11.5 Å². The standard InChI is InChI=1S/C13H20O4/c1-5-10-6-7-11(12(8-10)14-2)17-9-13(15-3)16-4/h6-8,13H,5,9H2,1-4H3. The second kappa shape index (κ2) is 7.14. The van der Waals surface area contributed by atoms with Crippen molar-refractivity contribution in [3.05, 3.63) is 23.8 Å². The van der Waals surface area contributed by atoms with Crippen molar-refractivity contribution in [1.82, 2.24) is 0 Å². The topological polar surface area (TPSA) is 36.9 Å². The van der Waals surface area contributed by atoms with E-state index < -0.39 is 0 Å². The fraction of sp³-hybridized carbons (Fsp3) is 0.538. The second-order valence-corrected chi connectivity index (χ2v) is 3.55. The molecule has 0 unspecified atom stereocenters. The summed E-state index contributed by atoms with van der Waals surface area (Å²) in [5.41, 5.74) is 1.21. The molecule has 0 bridgehead atoms. The summed E-state index contributed by atoms with van der Waals surface area (Å²) >= 11 is 0. The molecule has 4 heteroatoms. The second-order valence-electron chi connectivity index (χ2n) is 3.55. The molecule has 0 fully saturated rings. The lowest BCUT2D eigenvalue weighted by molar-refractivity contribution is -0.122. The Morgan fingerprint density at radius 2 is 1.76 bits per heavy atom. The van der Waals surface area contributed by atoms with Crippen molar-refractivity contribution >= 4 is 0 Å². The Labute approximate surface area is 102 Å². The van der Waals surface area contributed by atoms with Gasteiger partial charge in [0.2, 0.25) is 0 Å². The molecule has 1 aromatic rings. The monoisotopic (exact) mass is 240 g/mol. The minimum Gasteiger partial charge on any atom is -0.493 e. The van der Waals surface area contributed by atoms with Crippen molar-refractivity contribution in [1.29, 1.82) is 0 Å². The van der Waals surface area contributed by atoms with Gasteiger partial charge in [-0.25, -0.2) is 0 Å². The van der Waals surface area contributed by atoms with Gasteiger partial charge in [0.15, 0.2) is 17.8 Å².